The number of rotatable bonds is 10. The van der Waals surface area contributed by atoms with Crippen LogP contribution in [0.25, 0.3) is 5.65 Å². The molecule has 5 heteroatoms. The third-order valence-electron chi connectivity index (χ3n) is 5.24. The lowest BCUT2D eigenvalue weighted by molar-refractivity contribution is 0.0952. The van der Waals surface area contributed by atoms with E-state index in [4.69, 9.17) is 4.98 Å². The summed E-state index contributed by atoms with van der Waals surface area (Å²) in [5.74, 6) is 1.06. The molecule has 0 atom stereocenters. The molecule has 0 saturated heterocycles. The van der Waals surface area contributed by atoms with Gasteiger partial charge in [0.25, 0.3) is 5.91 Å². The van der Waals surface area contributed by atoms with E-state index in [9.17, 15) is 4.79 Å². The Morgan fingerprint density at radius 1 is 1.10 bits per heavy atom. The number of anilines is 1. The Kier molecular flexibility index (Phi) is 7.28. The predicted molar refractivity (Wildman–Crippen MR) is 120 cm³/mol. The van der Waals surface area contributed by atoms with Crippen LogP contribution in [0.3, 0.4) is 0 Å². The van der Waals surface area contributed by atoms with Gasteiger partial charge in [0.15, 0.2) is 0 Å². The second-order valence-electron chi connectivity index (χ2n) is 7.50. The lowest BCUT2D eigenvalue weighted by atomic mass is 10.1. The average molecular weight is 393 g/mol. The van der Waals surface area contributed by atoms with E-state index in [-0.39, 0.29) is 5.91 Å². The normalized spacial score (nSPS) is 11.0. The fourth-order valence-electron chi connectivity index (χ4n) is 3.61. The lowest BCUT2D eigenvalue weighted by Crippen LogP contribution is -2.25. The zero-order chi connectivity index (χ0) is 20.6. The van der Waals surface area contributed by atoms with Crippen LogP contribution < -0.4 is 10.2 Å². The number of imidazole rings is 1. The predicted octanol–water partition coefficient (Wildman–Crippen LogP) is 4.50. The Bertz CT molecular complexity index is 933. The van der Waals surface area contributed by atoms with Gasteiger partial charge in [-0.1, -0.05) is 50.6 Å². The Morgan fingerprint density at radius 2 is 1.90 bits per heavy atom. The first kappa shape index (κ1) is 20.9. The van der Waals surface area contributed by atoms with Crippen LogP contribution in [0.2, 0.25) is 0 Å². The Labute approximate surface area is 173 Å². The molecule has 0 saturated carbocycles. The summed E-state index contributed by atoms with van der Waals surface area (Å²) in [7, 11) is 2.11. The Balaban J connectivity index is 1.77. The average Bonchev–Trinajstić information content (AvgIpc) is 3.12. The van der Waals surface area contributed by atoms with Crippen molar-refractivity contribution in [3.63, 3.8) is 0 Å². The number of nitrogens with zero attached hydrogens (tertiary/aromatic N) is 3. The summed E-state index contributed by atoms with van der Waals surface area (Å²) in [6.07, 6.45) is 6.96. The van der Waals surface area contributed by atoms with Crippen molar-refractivity contribution in [2.24, 2.45) is 0 Å². The summed E-state index contributed by atoms with van der Waals surface area (Å²) in [6.45, 7) is 5.89. The second kappa shape index (κ2) is 10.1. The van der Waals surface area contributed by atoms with Gasteiger partial charge in [-0.3, -0.25) is 9.20 Å². The molecule has 0 fully saturated rings. The highest BCUT2D eigenvalue weighted by Gasteiger charge is 2.16. The molecule has 0 aliphatic rings. The molecule has 1 N–H and O–H groups in total. The van der Waals surface area contributed by atoms with Crippen molar-refractivity contribution in [1.82, 2.24) is 14.7 Å². The van der Waals surface area contributed by atoms with Gasteiger partial charge < -0.3 is 10.2 Å². The first-order chi connectivity index (χ1) is 14.1. The van der Waals surface area contributed by atoms with E-state index in [0.29, 0.717) is 12.1 Å². The minimum Gasteiger partial charge on any atom is -0.359 e. The zero-order valence-electron chi connectivity index (χ0n) is 17.8. The summed E-state index contributed by atoms with van der Waals surface area (Å²) in [5, 5.41) is 3.00. The summed E-state index contributed by atoms with van der Waals surface area (Å²) in [5.41, 5.74) is 3.99. The number of carbonyl (C=O) groups excluding carboxylic acids is 1. The molecule has 0 aliphatic carbocycles. The number of benzene rings is 1. The SMILES string of the molecule is CCCCNC(=O)c1ccc2nc(CC)c(N(C)CCCc3ccccc3)n2c1. The fourth-order valence-corrected chi connectivity index (χ4v) is 3.61. The van der Waals surface area contributed by atoms with Crippen molar-refractivity contribution in [2.75, 3.05) is 25.0 Å². The molecule has 1 amide bonds. The van der Waals surface area contributed by atoms with Crippen molar-refractivity contribution in [3.05, 3.63) is 65.5 Å². The van der Waals surface area contributed by atoms with E-state index in [0.717, 1.165) is 55.8 Å². The monoisotopic (exact) mass is 392 g/mol. The topological polar surface area (TPSA) is 49.6 Å². The highest BCUT2D eigenvalue weighted by Crippen LogP contribution is 2.23. The smallest absolute Gasteiger partial charge is 0.252 e. The molecule has 1 aromatic carbocycles. The van der Waals surface area contributed by atoms with Crippen LogP contribution in [0.5, 0.6) is 0 Å². The fraction of sp³-hybridized carbons (Fsp3) is 0.417. The summed E-state index contributed by atoms with van der Waals surface area (Å²) < 4.78 is 2.07. The van der Waals surface area contributed by atoms with E-state index in [1.54, 1.807) is 0 Å². The van der Waals surface area contributed by atoms with E-state index < -0.39 is 0 Å². The van der Waals surface area contributed by atoms with Crippen LogP contribution in [0.15, 0.2) is 48.7 Å². The van der Waals surface area contributed by atoms with E-state index in [2.05, 4.69) is 65.8 Å². The maximum atomic E-state index is 12.5. The van der Waals surface area contributed by atoms with Gasteiger partial charge in [0.2, 0.25) is 0 Å². The third-order valence-corrected chi connectivity index (χ3v) is 5.24. The molecule has 154 valence electrons. The molecule has 0 spiro atoms. The van der Waals surface area contributed by atoms with Gasteiger partial charge in [-0.25, -0.2) is 4.98 Å². The highest BCUT2D eigenvalue weighted by molar-refractivity contribution is 5.94. The van der Waals surface area contributed by atoms with Crippen LogP contribution in [0.4, 0.5) is 5.82 Å². The van der Waals surface area contributed by atoms with Crippen LogP contribution >= 0.6 is 0 Å². The van der Waals surface area contributed by atoms with Crippen molar-refractivity contribution in [1.29, 1.82) is 0 Å². The second-order valence-corrected chi connectivity index (χ2v) is 7.50. The summed E-state index contributed by atoms with van der Waals surface area (Å²) >= 11 is 0. The molecule has 3 aromatic rings. The van der Waals surface area contributed by atoms with E-state index in [1.165, 1.54) is 5.56 Å². The zero-order valence-corrected chi connectivity index (χ0v) is 17.8. The van der Waals surface area contributed by atoms with Gasteiger partial charge in [-0.15, -0.1) is 0 Å². The number of aryl methyl sites for hydroxylation is 2. The number of hydrogen-bond acceptors (Lipinski definition) is 3. The first-order valence-corrected chi connectivity index (χ1v) is 10.7. The number of aromatic nitrogens is 2. The number of hydrogen-bond donors (Lipinski definition) is 1. The third kappa shape index (κ3) is 5.17. The number of amides is 1. The molecule has 0 radical (unpaired) electrons. The quantitative estimate of drug-likeness (QED) is 0.517. The number of unbranched alkanes of at least 4 members (excludes halogenated alkanes) is 1. The highest BCUT2D eigenvalue weighted by atomic mass is 16.1. The molecule has 29 heavy (non-hydrogen) atoms. The maximum absolute atomic E-state index is 12.5. The maximum Gasteiger partial charge on any atom is 0.252 e. The Morgan fingerprint density at radius 3 is 2.62 bits per heavy atom. The van der Waals surface area contributed by atoms with Crippen LogP contribution in [0, 0.1) is 0 Å². The molecule has 0 unspecified atom stereocenters. The van der Waals surface area contributed by atoms with Crippen molar-refractivity contribution >= 4 is 17.4 Å². The van der Waals surface area contributed by atoms with Gasteiger partial charge in [0.1, 0.15) is 11.5 Å². The van der Waals surface area contributed by atoms with E-state index in [1.807, 2.05) is 18.3 Å². The van der Waals surface area contributed by atoms with Crippen molar-refractivity contribution in [3.8, 4) is 0 Å². The number of carbonyl (C=O) groups is 1. The lowest BCUT2D eigenvalue weighted by Gasteiger charge is -2.20. The van der Waals surface area contributed by atoms with Gasteiger partial charge in [0.05, 0.1) is 11.3 Å². The molecule has 2 aromatic heterocycles. The van der Waals surface area contributed by atoms with Crippen LogP contribution in [-0.4, -0.2) is 35.4 Å². The molecule has 3 rings (SSSR count). The van der Waals surface area contributed by atoms with Gasteiger partial charge in [0, 0.05) is 26.3 Å². The van der Waals surface area contributed by atoms with Crippen molar-refractivity contribution in [2.45, 2.75) is 46.0 Å². The molecular weight excluding hydrogens is 360 g/mol. The van der Waals surface area contributed by atoms with Crippen LogP contribution in [-0.2, 0) is 12.8 Å². The first-order valence-electron chi connectivity index (χ1n) is 10.7. The molecular formula is C24H32N4O. The largest absolute Gasteiger partial charge is 0.359 e. The van der Waals surface area contributed by atoms with Crippen LogP contribution in [0.1, 0.15) is 54.7 Å². The van der Waals surface area contributed by atoms with E-state index >= 15 is 0 Å². The van der Waals surface area contributed by atoms with Gasteiger partial charge in [-0.2, -0.15) is 0 Å². The standard InChI is InChI=1S/C24H32N4O/c1-4-6-16-25-23(29)20-14-15-22-26-21(5-2)24(28(22)18-20)27(3)17-10-13-19-11-8-7-9-12-19/h7-9,11-12,14-15,18H,4-6,10,13,16-17H2,1-3H3,(H,25,29). The summed E-state index contributed by atoms with van der Waals surface area (Å²) in [6, 6.07) is 14.4. The molecule has 0 bridgehead atoms. The summed E-state index contributed by atoms with van der Waals surface area (Å²) in [4.78, 5) is 19.5. The minimum atomic E-state index is -0.0234. The van der Waals surface area contributed by atoms with Gasteiger partial charge in [-0.05, 0) is 43.4 Å². The Hall–Kier alpha value is -2.82. The number of pyridine rings is 1. The minimum absolute atomic E-state index is 0.0234. The molecule has 0 aliphatic heterocycles. The molecule has 5 nitrogen and oxygen atoms in total. The molecule has 2 heterocycles. The number of nitrogens with one attached hydrogen (secondary N) is 1. The number of fused-ring (bicyclic) bond motifs is 1. The van der Waals surface area contributed by atoms with Gasteiger partial charge >= 0.3 is 0 Å². The van der Waals surface area contributed by atoms with Crippen molar-refractivity contribution < 1.29 is 4.79 Å².